The van der Waals surface area contributed by atoms with Crippen LogP contribution in [-0.4, -0.2) is 48.7 Å². The summed E-state index contributed by atoms with van der Waals surface area (Å²) in [6.07, 6.45) is -4.75. The van der Waals surface area contributed by atoms with Crippen LogP contribution in [0.2, 0.25) is 0 Å². The van der Waals surface area contributed by atoms with Gasteiger partial charge in [0.15, 0.2) is 6.30 Å². The molecule has 0 saturated carbocycles. The monoisotopic (exact) mass is 535 g/mol. The minimum atomic E-state index is -4.70. The number of rotatable bonds is 7. The second kappa shape index (κ2) is 11.4. The number of hydrogen-bond acceptors (Lipinski definition) is 5. The van der Waals surface area contributed by atoms with Crippen LogP contribution in [0.1, 0.15) is 33.6 Å². The summed E-state index contributed by atoms with van der Waals surface area (Å²) in [5.41, 5.74) is 1.22. The number of morpholine rings is 1. The standard InChI is InChI=1S/C27H26F5N3O3/c1-16-4-5-19(34-26(37)17-6-7-33-24(13-17)27(30,31)32)14-21(16)18-11-22(28)20(3-2-9-36)23(12-18)35-8-10-38-15-25(35)29/h4-7,11-14,25,36H,2-3,8-10,15H2,1H3,(H,34,37)/t25-/m1/s1. The summed E-state index contributed by atoms with van der Waals surface area (Å²) in [6, 6.07) is 9.65. The lowest BCUT2D eigenvalue weighted by Crippen LogP contribution is -2.43. The highest BCUT2D eigenvalue weighted by Gasteiger charge is 2.33. The van der Waals surface area contributed by atoms with Gasteiger partial charge in [0.2, 0.25) is 0 Å². The number of nitrogens with zero attached hydrogens (tertiary/aromatic N) is 2. The van der Waals surface area contributed by atoms with Crippen molar-refractivity contribution in [3.05, 3.63) is 76.9 Å². The van der Waals surface area contributed by atoms with Crippen molar-refractivity contribution in [2.45, 2.75) is 32.2 Å². The Morgan fingerprint density at radius 3 is 2.71 bits per heavy atom. The molecule has 1 aliphatic heterocycles. The van der Waals surface area contributed by atoms with E-state index in [-0.39, 0.29) is 49.6 Å². The van der Waals surface area contributed by atoms with Gasteiger partial charge in [-0.3, -0.25) is 9.78 Å². The van der Waals surface area contributed by atoms with Crippen LogP contribution < -0.4 is 10.2 Å². The molecule has 2 N–H and O–H groups in total. The molecule has 1 saturated heterocycles. The predicted molar refractivity (Wildman–Crippen MR) is 132 cm³/mol. The van der Waals surface area contributed by atoms with Gasteiger partial charge in [-0.15, -0.1) is 0 Å². The molecule has 6 nitrogen and oxygen atoms in total. The molecular formula is C27H26F5N3O3. The van der Waals surface area contributed by atoms with Crippen LogP contribution in [0.3, 0.4) is 0 Å². The number of benzene rings is 2. The van der Waals surface area contributed by atoms with Crippen LogP contribution in [0.4, 0.5) is 33.3 Å². The van der Waals surface area contributed by atoms with E-state index < -0.39 is 29.9 Å². The van der Waals surface area contributed by atoms with Gasteiger partial charge in [0, 0.05) is 41.9 Å². The molecule has 202 valence electrons. The van der Waals surface area contributed by atoms with Gasteiger partial charge in [0.25, 0.3) is 5.91 Å². The van der Waals surface area contributed by atoms with Gasteiger partial charge in [-0.1, -0.05) is 6.07 Å². The summed E-state index contributed by atoms with van der Waals surface area (Å²) >= 11 is 0. The predicted octanol–water partition coefficient (Wildman–Crippen LogP) is 5.52. The van der Waals surface area contributed by atoms with Crippen LogP contribution in [0.25, 0.3) is 11.1 Å². The van der Waals surface area contributed by atoms with Crippen molar-refractivity contribution >= 4 is 17.3 Å². The first-order chi connectivity index (χ1) is 18.1. The summed E-state index contributed by atoms with van der Waals surface area (Å²) < 4.78 is 74.3. The largest absolute Gasteiger partial charge is 0.433 e. The molecule has 0 spiro atoms. The quantitative estimate of drug-likeness (QED) is 0.308. The molecule has 0 bridgehead atoms. The molecule has 1 atom stereocenters. The number of halogens is 5. The van der Waals surface area contributed by atoms with E-state index in [0.717, 1.165) is 11.8 Å². The number of anilines is 2. The lowest BCUT2D eigenvalue weighted by atomic mass is 9.95. The molecular weight excluding hydrogens is 509 g/mol. The van der Waals surface area contributed by atoms with Gasteiger partial charge in [-0.05, 0) is 72.9 Å². The van der Waals surface area contributed by atoms with Crippen LogP contribution in [0, 0.1) is 12.7 Å². The zero-order valence-electron chi connectivity index (χ0n) is 20.5. The van der Waals surface area contributed by atoms with E-state index >= 15 is 4.39 Å². The number of carbonyl (C=O) groups is 1. The van der Waals surface area contributed by atoms with Gasteiger partial charge in [-0.2, -0.15) is 13.2 Å². The van der Waals surface area contributed by atoms with Crippen molar-refractivity contribution in [1.82, 2.24) is 4.98 Å². The topological polar surface area (TPSA) is 74.7 Å². The second-order valence-electron chi connectivity index (χ2n) is 8.90. The van der Waals surface area contributed by atoms with E-state index in [1.54, 1.807) is 31.2 Å². The third-order valence-electron chi connectivity index (χ3n) is 6.26. The third-order valence-corrected chi connectivity index (χ3v) is 6.26. The molecule has 1 amide bonds. The highest BCUT2D eigenvalue weighted by atomic mass is 19.4. The van der Waals surface area contributed by atoms with Crippen LogP contribution >= 0.6 is 0 Å². The normalized spacial score (nSPS) is 16.0. The lowest BCUT2D eigenvalue weighted by molar-refractivity contribution is -0.141. The minimum Gasteiger partial charge on any atom is -0.396 e. The summed E-state index contributed by atoms with van der Waals surface area (Å²) in [6.45, 7) is 1.97. The van der Waals surface area contributed by atoms with E-state index in [0.29, 0.717) is 29.3 Å². The lowest BCUT2D eigenvalue weighted by Gasteiger charge is -2.34. The van der Waals surface area contributed by atoms with E-state index in [4.69, 9.17) is 4.74 Å². The summed E-state index contributed by atoms with van der Waals surface area (Å²) in [7, 11) is 0. The van der Waals surface area contributed by atoms with E-state index in [1.165, 1.54) is 17.0 Å². The van der Waals surface area contributed by atoms with Crippen molar-refractivity contribution in [2.75, 3.05) is 36.6 Å². The van der Waals surface area contributed by atoms with E-state index in [9.17, 15) is 27.5 Å². The average molecular weight is 536 g/mol. The fourth-order valence-electron chi connectivity index (χ4n) is 4.32. The molecule has 38 heavy (non-hydrogen) atoms. The Labute approximate surface area is 216 Å². The van der Waals surface area contributed by atoms with Gasteiger partial charge in [0.05, 0.1) is 13.2 Å². The molecule has 11 heteroatoms. The first-order valence-corrected chi connectivity index (χ1v) is 12.0. The summed E-state index contributed by atoms with van der Waals surface area (Å²) in [5.74, 6) is -1.33. The number of aromatic nitrogens is 1. The zero-order chi connectivity index (χ0) is 27.4. The number of aliphatic hydroxyl groups excluding tert-OH is 1. The van der Waals surface area contributed by atoms with Crippen LogP contribution in [0.15, 0.2) is 48.7 Å². The molecule has 2 aromatic carbocycles. The Bertz CT molecular complexity index is 1320. The van der Waals surface area contributed by atoms with Crippen LogP contribution in [0.5, 0.6) is 0 Å². The van der Waals surface area contributed by atoms with Gasteiger partial charge in [0.1, 0.15) is 11.5 Å². The van der Waals surface area contributed by atoms with Crippen molar-refractivity contribution in [2.24, 2.45) is 0 Å². The zero-order valence-corrected chi connectivity index (χ0v) is 20.5. The Kier molecular flexibility index (Phi) is 8.27. The maximum absolute atomic E-state index is 15.4. The third kappa shape index (κ3) is 6.11. The fourth-order valence-corrected chi connectivity index (χ4v) is 4.32. The van der Waals surface area contributed by atoms with E-state index in [2.05, 4.69) is 10.3 Å². The summed E-state index contributed by atoms with van der Waals surface area (Å²) in [4.78, 5) is 17.4. The Morgan fingerprint density at radius 1 is 1.21 bits per heavy atom. The highest BCUT2D eigenvalue weighted by molar-refractivity contribution is 6.04. The highest BCUT2D eigenvalue weighted by Crippen LogP contribution is 2.36. The van der Waals surface area contributed by atoms with Gasteiger partial charge >= 0.3 is 6.18 Å². The molecule has 0 unspecified atom stereocenters. The molecule has 1 aromatic heterocycles. The molecule has 3 aromatic rings. The first kappa shape index (κ1) is 27.5. The van der Waals surface area contributed by atoms with Crippen molar-refractivity contribution in [1.29, 1.82) is 0 Å². The molecule has 0 radical (unpaired) electrons. The number of aliphatic hydroxyl groups is 1. The number of aryl methyl sites for hydroxylation is 1. The molecule has 1 fully saturated rings. The second-order valence-corrected chi connectivity index (χ2v) is 8.90. The molecule has 0 aliphatic carbocycles. The number of pyridine rings is 1. The van der Waals surface area contributed by atoms with E-state index in [1.807, 2.05) is 0 Å². The SMILES string of the molecule is Cc1ccc(NC(=O)c2ccnc(C(F)(F)F)c2)cc1-c1cc(F)c(CCCO)c(N2CCOC[C@@H]2F)c1. The van der Waals surface area contributed by atoms with Crippen molar-refractivity contribution < 1.29 is 36.6 Å². The van der Waals surface area contributed by atoms with Gasteiger partial charge < -0.3 is 20.1 Å². The average Bonchev–Trinajstić information content (AvgIpc) is 2.88. The molecule has 4 rings (SSSR count). The van der Waals surface area contributed by atoms with Crippen molar-refractivity contribution in [3.8, 4) is 11.1 Å². The van der Waals surface area contributed by atoms with Crippen LogP contribution in [-0.2, 0) is 17.3 Å². The molecule has 2 heterocycles. The van der Waals surface area contributed by atoms with Crippen molar-refractivity contribution in [3.63, 3.8) is 0 Å². The number of alkyl halides is 4. The van der Waals surface area contributed by atoms with Gasteiger partial charge in [-0.25, -0.2) is 8.78 Å². The summed E-state index contributed by atoms with van der Waals surface area (Å²) in [5, 5.41) is 11.8. The number of hydrogen-bond donors (Lipinski definition) is 2. The smallest absolute Gasteiger partial charge is 0.396 e. The minimum absolute atomic E-state index is 0.147. The molecule has 1 aliphatic rings. The fraction of sp³-hybridized carbons (Fsp3) is 0.333. The first-order valence-electron chi connectivity index (χ1n) is 12.0. The number of ether oxygens (including phenoxy) is 1. The Morgan fingerprint density at radius 2 is 2.00 bits per heavy atom. The maximum Gasteiger partial charge on any atom is 0.433 e. The Balaban J connectivity index is 1.69. The maximum atomic E-state index is 15.4. The number of carbonyl (C=O) groups excluding carboxylic acids is 1. The Hall–Kier alpha value is -3.57. The number of nitrogens with one attached hydrogen (secondary N) is 1. The number of amides is 1.